The number of para-hydroxylation sites is 1. The van der Waals surface area contributed by atoms with Gasteiger partial charge in [-0.25, -0.2) is 0 Å². The number of halogens is 1. The van der Waals surface area contributed by atoms with Gasteiger partial charge in [-0.3, -0.25) is 4.79 Å². The molecule has 0 radical (unpaired) electrons. The van der Waals surface area contributed by atoms with Crippen LogP contribution in [-0.4, -0.2) is 18.0 Å². The molecule has 1 heterocycles. The Labute approximate surface area is 126 Å². The molecule has 0 saturated carbocycles. The number of nitrogens with one attached hydrogen (secondary N) is 2. The van der Waals surface area contributed by atoms with Gasteiger partial charge in [0.05, 0.1) is 17.6 Å². The molecule has 21 heavy (non-hydrogen) atoms. The van der Waals surface area contributed by atoms with Crippen molar-refractivity contribution in [2.45, 2.75) is 0 Å². The molecule has 0 aliphatic heterocycles. The third-order valence-corrected chi connectivity index (χ3v) is 3.51. The molecule has 2 N–H and O–H groups in total. The third-order valence-electron chi connectivity index (χ3n) is 3.20. The highest BCUT2D eigenvalue weighted by molar-refractivity contribution is 6.35. The van der Waals surface area contributed by atoms with E-state index in [9.17, 15) is 4.79 Å². The van der Waals surface area contributed by atoms with E-state index in [2.05, 4.69) is 10.3 Å². The van der Waals surface area contributed by atoms with Crippen LogP contribution in [0.25, 0.3) is 10.9 Å². The zero-order chi connectivity index (χ0) is 14.8. The van der Waals surface area contributed by atoms with Gasteiger partial charge in [-0.1, -0.05) is 23.7 Å². The van der Waals surface area contributed by atoms with Crippen molar-refractivity contribution in [1.82, 2.24) is 4.98 Å². The number of benzene rings is 2. The number of hydrogen-bond donors (Lipinski definition) is 2. The molecule has 0 bridgehead atoms. The zero-order valence-corrected chi connectivity index (χ0v) is 12.1. The predicted molar refractivity (Wildman–Crippen MR) is 84.3 cm³/mol. The van der Waals surface area contributed by atoms with E-state index in [0.29, 0.717) is 16.4 Å². The Kier molecular flexibility index (Phi) is 3.54. The lowest BCUT2D eigenvalue weighted by Gasteiger charge is -2.05. The van der Waals surface area contributed by atoms with Crippen LogP contribution in [0.5, 0.6) is 5.75 Å². The monoisotopic (exact) mass is 300 g/mol. The summed E-state index contributed by atoms with van der Waals surface area (Å²) in [6.07, 6.45) is 0. The van der Waals surface area contributed by atoms with Crippen molar-refractivity contribution in [3.05, 3.63) is 59.2 Å². The average molecular weight is 301 g/mol. The number of aromatic nitrogens is 1. The Bertz CT molecular complexity index is 794. The van der Waals surface area contributed by atoms with Crippen molar-refractivity contribution in [2.24, 2.45) is 0 Å². The second-order valence-corrected chi connectivity index (χ2v) is 4.98. The average Bonchev–Trinajstić information content (AvgIpc) is 2.94. The summed E-state index contributed by atoms with van der Waals surface area (Å²) in [4.78, 5) is 15.3. The molecule has 2 aromatic carbocycles. The Morgan fingerprint density at radius 3 is 2.62 bits per heavy atom. The standard InChI is InChI=1S/C16H13ClN2O2/c1-21-12-7-5-11(6-8-12)18-16(20)14-9-10-3-2-4-13(17)15(10)19-14/h2-9,19H,1H3,(H,18,20). The maximum absolute atomic E-state index is 12.2. The van der Waals surface area contributed by atoms with Crippen molar-refractivity contribution >= 4 is 34.1 Å². The van der Waals surface area contributed by atoms with E-state index in [-0.39, 0.29) is 5.91 Å². The van der Waals surface area contributed by atoms with E-state index in [1.165, 1.54) is 0 Å². The van der Waals surface area contributed by atoms with Crippen molar-refractivity contribution in [3.63, 3.8) is 0 Å². The molecule has 0 aliphatic rings. The number of carbonyl (C=O) groups excluding carboxylic acids is 1. The molecular formula is C16H13ClN2O2. The summed E-state index contributed by atoms with van der Waals surface area (Å²) < 4.78 is 5.08. The molecule has 0 spiro atoms. The lowest BCUT2D eigenvalue weighted by molar-refractivity contribution is 0.102. The second kappa shape index (κ2) is 5.50. The van der Waals surface area contributed by atoms with Crippen LogP contribution in [0.4, 0.5) is 5.69 Å². The summed E-state index contributed by atoms with van der Waals surface area (Å²) in [6.45, 7) is 0. The number of fused-ring (bicyclic) bond motifs is 1. The van der Waals surface area contributed by atoms with Crippen molar-refractivity contribution < 1.29 is 9.53 Å². The van der Waals surface area contributed by atoms with Gasteiger partial charge in [0.25, 0.3) is 5.91 Å². The van der Waals surface area contributed by atoms with E-state index in [4.69, 9.17) is 16.3 Å². The molecule has 4 nitrogen and oxygen atoms in total. The van der Waals surface area contributed by atoms with Crippen LogP contribution in [0.2, 0.25) is 5.02 Å². The summed E-state index contributed by atoms with van der Waals surface area (Å²) in [7, 11) is 1.60. The van der Waals surface area contributed by atoms with Crippen LogP contribution in [0.15, 0.2) is 48.5 Å². The minimum atomic E-state index is -0.215. The molecule has 0 unspecified atom stereocenters. The molecule has 0 saturated heterocycles. The number of rotatable bonds is 3. The van der Waals surface area contributed by atoms with Crippen molar-refractivity contribution in [2.75, 3.05) is 12.4 Å². The highest BCUT2D eigenvalue weighted by atomic mass is 35.5. The molecular weight excluding hydrogens is 288 g/mol. The summed E-state index contributed by atoms with van der Waals surface area (Å²) >= 11 is 6.09. The number of carbonyl (C=O) groups is 1. The molecule has 1 aromatic heterocycles. The second-order valence-electron chi connectivity index (χ2n) is 4.57. The quantitative estimate of drug-likeness (QED) is 0.765. The smallest absolute Gasteiger partial charge is 0.272 e. The fourth-order valence-electron chi connectivity index (χ4n) is 2.11. The van der Waals surface area contributed by atoms with E-state index < -0.39 is 0 Å². The van der Waals surface area contributed by atoms with Crippen LogP contribution in [-0.2, 0) is 0 Å². The maximum Gasteiger partial charge on any atom is 0.272 e. The number of H-pyrrole nitrogens is 1. The fraction of sp³-hybridized carbons (Fsp3) is 0.0625. The maximum atomic E-state index is 12.2. The molecule has 5 heteroatoms. The number of aromatic amines is 1. The fourth-order valence-corrected chi connectivity index (χ4v) is 2.34. The first-order chi connectivity index (χ1) is 10.2. The normalized spacial score (nSPS) is 10.6. The first-order valence-electron chi connectivity index (χ1n) is 6.40. The van der Waals surface area contributed by atoms with Gasteiger partial charge in [0.2, 0.25) is 0 Å². The Hall–Kier alpha value is -2.46. The highest BCUT2D eigenvalue weighted by Gasteiger charge is 2.11. The van der Waals surface area contributed by atoms with Gasteiger partial charge < -0.3 is 15.0 Å². The van der Waals surface area contributed by atoms with E-state index in [1.807, 2.05) is 12.1 Å². The van der Waals surface area contributed by atoms with E-state index in [1.54, 1.807) is 43.5 Å². The lowest BCUT2D eigenvalue weighted by atomic mass is 10.2. The minimum absolute atomic E-state index is 0.215. The Morgan fingerprint density at radius 1 is 1.19 bits per heavy atom. The van der Waals surface area contributed by atoms with Crippen molar-refractivity contribution in [1.29, 1.82) is 0 Å². The highest BCUT2D eigenvalue weighted by Crippen LogP contribution is 2.24. The summed E-state index contributed by atoms with van der Waals surface area (Å²) in [5.74, 6) is 0.526. The van der Waals surface area contributed by atoms with Crippen LogP contribution < -0.4 is 10.1 Å². The lowest BCUT2D eigenvalue weighted by Crippen LogP contribution is -2.12. The Morgan fingerprint density at radius 2 is 1.95 bits per heavy atom. The number of hydrogen-bond acceptors (Lipinski definition) is 2. The number of amides is 1. The van der Waals surface area contributed by atoms with Gasteiger partial charge in [-0.05, 0) is 36.4 Å². The third kappa shape index (κ3) is 2.71. The van der Waals surface area contributed by atoms with Crippen LogP contribution in [0.1, 0.15) is 10.5 Å². The summed E-state index contributed by atoms with van der Waals surface area (Å²) in [5, 5.41) is 4.32. The predicted octanol–water partition coefficient (Wildman–Crippen LogP) is 4.08. The van der Waals surface area contributed by atoms with Gasteiger partial charge in [-0.2, -0.15) is 0 Å². The Balaban J connectivity index is 1.84. The number of anilines is 1. The number of methoxy groups -OCH3 is 1. The van der Waals surface area contributed by atoms with Gasteiger partial charge in [-0.15, -0.1) is 0 Å². The van der Waals surface area contributed by atoms with E-state index >= 15 is 0 Å². The molecule has 106 valence electrons. The first kappa shape index (κ1) is 13.5. The van der Waals surface area contributed by atoms with E-state index in [0.717, 1.165) is 16.7 Å². The number of ether oxygens (including phenoxy) is 1. The van der Waals surface area contributed by atoms with Gasteiger partial charge in [0.15, 0.2) is 0 Å². The first-order valence-corrected chi connectivity index (χ1v) is 6.78. The molecule has 3 rings (SSSR count). The summed E-state index contributed by atoms with van der Waals surface area (Å²) in [5.41, 5.74) is 1.93. The molecule has 0 fully saturated rings. The molecule has 0 aliphatic carbocycles. The topological polar surface area (TPSA) is 54.1 Å². The largest absolute Gasteiger partial charge is 0.497 e. The van der Waals surface area contributed by atoms with Gasteiger partial charge >= 0.3 is 0 Å². The minimum Gasteiger partial charge on any atom is -0.497 e. The zero-order valence-electron chi connectivity index (χ0n) is 11.3. The summed E-state index contributed by atoms with van der Waals surface area (Å²) in [6, 6.07) is 14.5. The molecule has 3 aromatic rings. The van der Waals surface area contributed by atoms with Crippen LogP contribution in [0.3, 0.4) is 0 Å². The van der Waals surface area contributed by atoms with Gasteiger partial charge in [0, 0.05) is 11.1 Å². The molecule has 1 amide bonds. The molecule has 0 atom stereocenters. The van der Waals surface area contributed by atoms with Crippen LogP contribution >= 0.6 is 11.6 Å². The van der Waals surface area contributed by atoms with Crippen molar-refractivity contribution in [3.8, 4) is 5.75 Å². The van der Waals surface area contributed by atoms with Gasteiger partial charge in [0.1, 0.15) is 11.4 Å². The SMILES string of the molecule is COc1ccc(NC(=O)c2cc3cccc(Cl)c3[nH]2)cc1. The van der Waals surface area contributed by atoms with Crippen LogP contribution in [0, 0.1) is 0 Å².